The molecule has 1 unspecified atom stereocenters. The molecule has 0 radical (unpaired) electrons. The SMILES string of the molecule is CC1(C)SCC(C(=O)N2CCC(CCn3cccn3)CC2)NC1=O. The van der Waals surface area contributed by atoms with E-state index < -0.39 is 4.75 Å². The topological polar surface area (TPSA) is 67.2 Å². The Morgan fingerprint density at radius 3 is 2.79 bits per heavy atom. The third-order valence-corrected chi connectivity index (χ3v) is 6.42. The summed E-state index contributed by atoms with van der Waals surface area (Å²) in [6.45, 7) is 6.33. The van der Waals surface area contributed by atoms with Crippen LogP contribution in [0.5, 0.6) is 0 Å². The number of thioether (sulfide) groups is 1. The first-order valence-corrected chi connectivity index (χ1v) is 9.65. The van der Waals surface area contributed by atoms with Gasteiger partial charge in [0, 0.05) is 37.8 Å². The number of likely N-dealkylation sites (tertiary alicyclic amines) is 1. The third-order valence-electron chi connectivity index (χ3n) is 5.01. The molecule has 0 aromatic carbocycles. The van der Waals surface area contributed by atoms with Gasteiger partial charge < -0.3 is 10.2 Å². The van der Waals surface area contributed by atoms with Gasteiger partial charge in [-0.2, -0.15) is 5.10 Å². The predicted molar refractivity (Wildman–Crippen MR) is 94.6 cm³/mol. The fraction of sp³-hybridized carbons (Fsp3) is 0.706. The Hall–Kier alpha value is -1.50. The van der Waals surface area contributed by atoms with Crippen molar-refractivity contribution in [1.82, 2.24) is 20.0 Å². The minimum absolute atomic E-state index is 0.0359. The number of aromatic nitrogens is 2. The lowest BCUT2D eigenvalue weighted by atomic mass is 9.93. The predicted octanol–water partition coefficient (Wildman–Crippen LogP) is 1.52. The van der Waals surface area contributed by atoms with Crippen LogP contribution in [-0.2, 0) is 16.1 Å². The van der Waals surface area contributed by atoms with E-state index in [4.69, 9.17) is 0 Å². The van der Waals surface area contributed by atoms with Crippen molar-refractivity contribution in [3.63, 3.8) is 0 Å². The molecule has 0 spiro atoms. The molecule has 0 saturated carbocycles. The van der Waals surface area contributed by atoms with Crippen LogP contribution in [0.15, 0.2) is 18.5 Å². The van der Waals surface area contributed by atoms with Gasteiger partial charge in [0.05, 0.1) is 4.75 Å². The summed E-state index contributed by atoms with van der Waals surface area (Å²) in [5, 5.41) is 7.13. The number of piperidine rings is 1. The van der Waals surface area contributed by atoms with Gasteiger partial charge in [0.1, 0.15) is 6.04 Å². The fourth-order valence-electron chi connectivity index (χ4n) is 3.27. The molecule has 2 aliphatic rings. The van der Waals surface area contributed by atoms with Crippen molar-refractivity contribution < 1.29 is 9.59 Å². The first-order chi connectivity index (χ1) is 11.5. The van der Waals surface area contributed by atoms with E-state index in [0.717, 1.165) is 38.9 Å². The Labute approximate surface area is 147 Å². The van der Waals surface area contributed by atoms with Crippen LogP contribution < -0.4 is 5.32 Å². The van der Waals surface area contributed by atoms with Gasteiger partial charge in [-0.1, -0.05) is 0 Å². The largest absolute Gasteiger partial charge is 0.342 e. The summed E-state index contributed by atoms with van der Waals surface area (Å²) in [5.74, 6) is 1.35. The molecular weight excluding hydrogens is 324 g/mol. The summed E-state index contributed by atoms with van der Waals surface area (Å²) in [5.41, 5.74) is 0. The van der Waals surface area contributed by atoms with Crippen LogP contribution in [0.25, 0.3) is 0 Å². The Balaban J connectivity index is 1.44. The number of nitrogens with zero attached hydrogens (tertiary/aromatic N) is 3. The Morgan fingerprint density at radius 2 is 2.17 bits per heavy atom. The molecule has 1 aromatic rings. The van der Waals surface area contributed by atoms with E-state index in [1.165, 1.54) is 0 Å². The molecule has 2 saturated heterocycles. The number of carbonyl (C=O) groups excluding carboxylic acids is 2. The van der Waals surface area contributed by atoms with Crippen molar-refractivity contribution >= 4 is 23.6 Å². The zero-order chi connectivity index (χ0) is 17.2. The highest BCUT2D eigenvalue weighted by Crippen LogP contribution is 2.30. The molecule has 1 N–H and O–H groups in total. The second-order valence-electron chi connectivity index (χ2n) is 7.17. The second-order valence-corrected chi connectivity index (χ2v) is 8.82. The highest BCUT2D eigenvalue weighted by molar-refractivity contribution is 8.01. The van der Waals surface area contributed by atoms with Crippen LogP contribution in [0.2, 0.25) is 0 Å². The smallest absolute Gasteiger partial charge is 0.246 e. The number of carbonyl (C=O) groups is 2. The van der Waals surface area contributed by atoms with E-state index >= 15 is 0 Å². The quantitative estimate of drug-likeness (QED) is 0.894. The Morgan fingerprint density at radius 1 is 1.42 bits per heavy atom. The molecule has 2 aliphatic heterocycles. The van der Waals surface area contributed by atoms with E-state index in [-0.39, 0.29) is 17.9 Å². The standard InChI is InChI=1S/C17H26N4O2S/c1-17(2)16(23)19-14(12-24-17)15(22)20-9-4-13(5-10-20)6-11-21-8-3-7-18-21/h3,7-8,13-14H,4-6,9-12H2,1-2H3,(H,19,23). The monoisotopic (exact) mass is 350 g/mol. The molecule has 132 valence electrons. The molecule has 0 aliphatic carbocycles. The molecule has 2 fully saturated rings. The zero-order valence-corrected chi connectivity index (χ0v) is 15.2. The Kier molecular flexibility index (Phi) is 5.18. The van der Waals surface area contributed by atoms with Crippen LogP contribution in [0.1, 0.15) is 33.1 Å². The van der Waals surface area contributed by atoms with Crippen molar-refractivity contribution in [2.45, 2.75) is 50.4 Å². The van der Waals surface area contributed by atoms with Gasteiger partial charge in [-0.05, 0) is 45.1 Å². The molecule has 1 aromatic heterocycles. The maximum atomic E-state index is 12.6. The summed E-state index contributed by atoms with van der Waals surface area (Å²) >= 11 is 1.57. The number of hydrogen-bond donors (Lipinski definition) is 1. The first kappa shape index (κ1) is 17.3. The van der Waals surface area contributed by atoms with E-state index in [0.29, 0.717) is 11.7 Å². The molecule has 24 heavy (non-hydrogen) atoms. The first-order valence-electron chi connectivity index (χ1n) is 8.67. The van der Waals surface area contributed by atoms with Gasteiger partial charge in [0.15, 0.2) is 0 Å². The summed E-state index contributed by atoms with van der Waals surface area (Å²) < 4.78 is 1.53. The number of rotatable bonds is 4. The van der Waals surface area contributed by atoms with E-state index in [1.54, 1.807) is 18.0 Å². The number of nitrogens with one attached hydrogen (secondary N) is 1. The van der Waals surface area contributed by atoms with Gasteiger partial charge in [-0.3, -0.25) is 14.3 Å². The van der Waals surface area contributed by atoms with Gasteiger partial charge in [0.25, 0.3) is 0 Å². The number of amides is 2. The van der Waals surface area contributed by atoms with Crippen LogP contribution in [0.3, 0.4) is 0 Å². The van der Waals surface area contributed by atoms with Gasteiger partial charge in [-0.25, -0.2) is 0 Å². The molecule has 0 bridgehead atoms. The van der Waals surface area contributed by atoms with Crippen LogP contribution >= 0.6 is 11.8 Å². The normalized spacial score (nSPS) is 24.7. The van der Waals surface area contributed by atoms with Crippen LogP contribution in [0, 0.1) is 5.92 Å². The molecule has 3 heterocycles. The lowest BCUT2D eigenvalue weighted by molar-refractivity contribution is -0.137. The van der Waals surface area contributed by atoms with Crippen molar-refractivity contribution in [3.8, 4) is 0 Å². The molecule has 1 atom stereocenters. The number of hydrogen-bond acceptors (Lipinski definition) is 4. The minimum atomic E-state index is -0.434. The second kappa shape index (κ2) is 7.17. The lowest BCUT2D eigenvalue weighted by Gasteiger charge is -2.38. The van der Waals surface area contributed by atoms with Gasteiger partial charge in [-0.15, -0.1) is 11.8 Å². The van der Waals surface area contributed by atoms with Crippen LogP contribution in [-0.4, -0.2) is 56.1 Å². The van der Waals surface area contributed by atoms with E-state index in [1.807, 2.05) is 35.7 Å². The summed E-state index contributed by atoms with van der Waals surface area (Å²) in [4.78, 5) is 26.6. The highest BCUT2D eigenvalue weighted by atomic mass is 32.2. The van der Waals surface area contributed by atoms with Crippen molar-refractivity contribution in [3.05, 3.63) is 18.5 Å². The summed E-state index contributed by atoms with van der Waals surface area (Å²) in [6, 6.07) is 1.58. The lowest BCUT2D eigenvalue weighted by Crippen LogP contribution is -2.58. The van der Waals surface area contributed by atoms with E-state index in [2.05, 4.69) is 10.4 Å². The molecule has 2 amide bonds. The minimum Gasteiger partial charge on any atom is -0.342 e. The van der Waals surface area contributed by atoms with Crippen LogP contribution in [0.4, 0.5) is 0 Å². The molecule has 7 heteroatoms. The average molecular weight is 350 g/mol. The van der Waals surface area contributed by atoms with Crippen molar-refractivity contribution in [1.29, 1.82) is 0 Å². The Bertz CT molecular complexity index is 579. The molecule has 3 rings (SSSR count). The molecule has 6 nitrogen and oxygen atoms in total. The highest BCUT2D eigenvalue weighted by Gasteiger charge is 2.39. The number of aryl methyl sites for hydroxylation is 1. The maximum Gasteiger partial charge on any atom is 0.246 e. The fourth-order valence-corrected chi connectivity index (χ4v) is 4.27. The van der Waals surface area contributed by atoms with Gasteiger partial charge >= 0.3 is 0 Å². The van der Waals surface area contributed by atoms with Crippen molar-refractivity contribution in [2.75, 3.05) is 18.8 Å². The van der Waals surface area contributed by atoms with Gasteiger partial charge in [0.2, 0.25) is 11.8 Å². The van der Waals surface area contributed by atoms with Crippen molar-refractivity contribution in [2.24, 2.45) is 5.92 Å². The zero-order valence-electron chi connectivity index (χ0n) is 14.4. The molecular formula is C17H26N4O2S. The van der Waals surface area contributed by atoms with E-state index in [9.17, 15) is 9.59 Å². The maximum absolute atomic E-state index is 12.6. The summed E-state index contributed by atoms with van der Waals surface area (Å²) in [6.07, 6.45) is 6.97. The third kappa shape index (κ3) is 3.94. The average Bonchev–Trinajstić information content (AvgIpc) is 3.09. The summed E-state index contributed by atoms with van der Waals surface area (Å²) in [7, 11) is 0.